The number of hydrazine groups is 1. The Kier molecular flexibility index (Phi) is 5.85. The van der Waals surface area contributed by atoms with Gasteiger partial charge in [0.2, 0.25) is 0 Å². The zero-order chi connectivity index (χ0) is 22.0. The fourth-order valence-corrected chi connectivity index (χ4v) is 4.39. The Hall–Kier alpha value is -3.46. The Labute approximate surface area is 182 Å². The van der Waals surface area contributed by atoms with Crippen LogP contribution in [0.15, 0.2) is 57.7 Å². The van der Waals surface area contributed by atoms with Crippen LogP contribution < -0.4 is 20.5 Å². The number of benzene rings is 2. The summed E-state index contributed by atoms with van der Waals surface area (Å²) >= 11 is 1.41. The highest BCUT2D eigenvalue weighted by molar-refractivity contribution is 8.00. The van der Waals surface area contributed by atoms with Crippen LogP contribution in [0.1, 0.15) is 16.5 Å². The lowest BCUT2D eigenvalue weighted by molar-refractivity contribution is -0.140. The maximum atomic E-state index is 12.5. The zero-order valence-corrected chi connectivity index (χ0v) is 17.7. The van der Waals surface area contributed by atoms with Gasteiger partial charge < -0.3 is 13.9 Å². The summed E-state index contributed by atoms with van der Waals surface area (Å²) < 4.78 is 16.0. The van der Waals surface area contributed by atoms with Crippen LogP contribution in [0.4, 0.5) is 0 Å². The number of hydrogen-bond acceptors (Lipinski definition) is 7. The summed E-state index contributed by atoms with van der Waals surface area (Å²) in [6.07, 6.45) is 0. The number of aryl methyl sites for hydroxylation is 1. The maximum absolute atomic E-state index is 12.5. The fourth-order valence-electron chi connectivity index (χ4n) is 3.30. The van der Waals surface area contributed by atoms with Crippen molar-refractivity contribution in [2.75, 3.05) is 19.5 Å². The molecular weight excluding hydrogens is 420 g/mol. The van der Waals surface area contributed by atoms with E-state index in [9.17, 15) is 14.4 Å². The van der Waals surface area contributed by atoms with Crippen molar-refractivity contribution in [2.45, 2.75) is 12.3 Å². The predicted octanol–water partition coefficient (Wildman–Crippen LogP) is 2.79. The van der Waals surface area contributed by atoms with Gasteiger partial charge in [0, 0.05) is 17.5 Å². The van der Waals surface area contributed by atoms with Gasteiger partial charge in [0.25, 0.3) is 11.8 Å². The van der Waals surface area contributed by atoms with E-state index in [1.54, 1.807) is 25.3 Å². The van der Waals surface area contributed by atoms with Gasteiger partial charge in [-0.1, -0.05) is 12.1 Å². The number of nitrogens with one attached hydrogen (secondary N) is 1. The first-order valence-corrected chi connectivity index (χ1v) is 10.5. The van der Waals surface area contributed by atoms with Crippen molar-refractivity contribution in [2.24, 2.45) is 0 Å². The molecule has 1 aliphatic heterocycles. The van der Waals surface area contributed by atoms with Crippen molar-refractivity contribution in [3.63, 3.8) is 0 Å². The minimum atomic E-state index is -0.477. The van der Waals surface area contributed by atoms with E-state index in [0.717, 1.165) is 16.5 Å². The molecule has 0 radical (unpaired) electrons. The Morgan fingerprint density at radius 2 is 2.03 bits per heavy atom. The molecule has 1 N–H and O–H groups in total. The molecule has 3 aromatic rings. The summed E-state index contributed by atoms with van der Waals surface area (Å²) in [5, 5.41) is 1.75. The molecule has 1 saturated heterocycles. The van der Waals surface area contributed by atoms with Crippen LogP contribution in [0.2, 0.25) is 0 Å². The number of carbonyl (C=O) groups is 2. The van der Waals surface area contributed by atoms with Gasteiger partial charge in [-0.2, -0.15) is 0 Å². The van der Waals surface area contributed by atoms with Crippen LogP contribution >= 0.6 is 11.8 Å². The summed E-state index contributed by atoms with van der Waals surface area (Å²) in [6.45, 7) is 1.51. The van der Waals surface area contributed by atoms with E-state index in [0.29, 0.717) is 17.1 Å². The highest BCUT2D eigenvalue weighted by atomic mass is 32.2. The van der Waals surface area contributed by atoms with Crippen LogP contribution in [-0.2, 0) is 9.59 Å². The molecule has 4 rings (SSSR count). The smallest absolute Gasteiger partial charge is 0.336 e. The van der Waals surface area contributed by atoms with E-state index in [4.69, 9.17) is 13.9 Å². The van der Waals surface area contributed by atoms with Crippen LogP contribution in [0.5, 0.6) is 11.5 Å². The first-order chi connectivity index (χ1) is 14.9. The molecule has 0 bridgehead atoms. The van der Waals surface area contributed by atoms with Gasteiger partial charge in [0.15, 0.2) is 6.61 Å². The number of amides is 2. The molecule has 1 aliphatic rings. The quantitative estimate of drug-likeness (QED) is 0.589. The predicted molar refractivity (Wildman–Crippen MR) is 116 cm³/mol. The highest BCUT2D eigenvalue weighted by Gasteiger charge is 2.34. The lowest BCUT2D eigenvalue weighted by atomic mass is 10.1. The molecule has 8 nitrogen and oxygen atoms in total. The van der Waals surface area contributed by atoms with Crippen LogP contribution in [0, 0.1) is 6.92 Å². The minimum absolute atomic E-state index is 0.200. The molecule has 1 aromatic heterocycles. The first kappa shape index (κ1) is 20.8. The third kappa shape index (κ3) is 4.51. The lowest BCUT2D eigenvalue weighted by Gasteiger charge is -2.24. The van der Waals surface area contributed by atoms with Crippen molar-refractivity contribution in [1.29, 1.82) is 0 Å². The molecule has 1 unspecified atom stereocenters. The maximum Gasteiger partial charge on any atom is 0.336 e. The summed E-state index contributed by atoms with van der Waals surface area (Å²) in [5.41, 5.74) is 4.20. The summed E-state index contributed by atoms with van der Waals surface area (Å²) in [5.74, 6) is 0.628. The molecule has 31 heavy (non-hydrogen) atoms. The Morgan fingerprint density at radius 1 is 1.19 bits per heavy atom. The number of nitrogens with zero attached hydrogens (tertiary/aromatic N) is 1. The van der Waals surface area contributed by atoms with Crippen molar-refractivity contribution in [3.05, 3.63) is 70.1 Å². The summed E-state index contributed by atoms with van der Waals surface area (Å²) in [4.78, 5) is 36.3. The van der Waals surface area contributed by atoms with E-state index in [2.05, 4.69) is 5.43 Å². The van der Waals surface area contributed by atoms with Crippen LogP contribution in [0.25, 0.3) is 11.0 Å². The number of hydrogen-bond donors (Lipinski definition) is 1. The van der Waals surface area contributed by atoms with Gasteiger partial charge in [0.05, 0.1) is 12.9 Å². The number of thioether (sulfide) groups is 1. The second kappa shape index (κ2) is 8.73. The first-order valence-electron chi connectivity index (χ1n) is 9.49. The second-order valence-corrected chi connectivity index (χ2v) is 8.00. The molecule has 0 spiro atoms. The van der Waals surface area contributed by atoms with Gasteiger partial charge in [-0.05, 0) is 42.3 Å². The largest absolute Gasteiger partial charge is 0.497 e. The van der Waals surface area contributed by atoms with Crippen molar-refractivity contribution in [3.8, 4) is 11.5 Å². The molecular formula is C22H20N2O6S. The number of rotatable bonds is 6. The van der Waals surface area contributed by atoms with Crippen molar-refractivity contribution >= 4 is 34.5 Å². The van der Waals surface area contributed by atoms with E-state index in [-0.39, 0.29) is 23.6 Å². The average molecular weight is 440 g/mol. The molecule has 9 heteroatoms. The molecule has 0 aliphatic carbocycles. The highest BCUT2D eigenvalue weighted by Crippen LogP contribution is 2.38. The van der Waals surface area contributed by atoms with Gasteiger partial charge in [-0.3, -0.25) is 15.0 Å². The number of ether oxygens (including phenoxy) is 2. The Balaban J connectivity index is 1.43. The average Bonchev–Trinajstić information content (AvgIpc) is 3.12. The van der Waals surface area contributed by atoms with Gasteiger partial charge in [0.1, 0.15) is 22.5 Å². The third-order valence-electron chi connectivity index (χ3n) is 4.78. The standard InChI is InChI=1S/C22H20N2O6S/c1-13-8-21(27)30-18-10-16(6-7-17(13)18)29-11-19(25)23-24-20(26)12-31-22(24)14-4-3-5-15(9-14)28-2/h3-10,22H,11-12H2,1-2H3,(H,23,25). The van der Waals surface area contributed by atoms with E-state index in [1.807, 2.05) is 31.2 Å². The molecule has 160 valence electrons. The van der Waals surface area contributed by atoms with Crippen molar-refractivity contribution in [1.82, 2.24) is 10.4 Å². The van der Waals surface area contributed by atoms with E-state index in [1.165, 1.54) is 22.8 Å². The third-order valence-corrected chi connectivity index (χ3v) is 6.00. The number of carbonyl (C=O) groups excluding carboxylic acids is 2. The topological polar surface area (TPSA) is 98.1 Å². The van der Waals surface area contributed by atoms with Gasteiger partial charge >= 0.3 is 5.63 Å². The lowest BCUT2D eigenvalue weighted by Crippen LogP contribution is -2.46. The number of fused-ring (bicyclic) bond motifs is 1. The SMILES string of the molecule is COc1cccc(C2SCC(=O)N2NC(=O)COc2ccc3c(C)cc(=O)oc3c2)c1. The summed E-state index contributed by atoms with van der Waals surface area (Å²) in [6, 6.07) is 13.8. The molecule has 1 fully saturated rings. The molecule has 0 saturated carbocycles. The van der Waals surface area contributed by atoms with Crippen LogP contribution in [0.3, 0.4) is 0 Å². The van der Waals surface area contributed by atoms with Gasteiger partial charge in [-0.25, -0.2) is 9.80 Å². The molecule has 2 amide bonds. The minimum Gasteiger partial charge on any atom is -0.497 e. The Bertz CT molecular complexity index is 1210. The molecule has 1 atom stereocenters. The van der Waals surface area contributed by atoms with E-state index < -0.39 is 11.5 Å². The summed E-state index contributed by atoms with van der Waals surface area (Å²) in [7, 11) is 1.57. The van der Waals surface area contributed by atoms with Crippen LogP contribution in [-0.4, -0.2) is 36.3 Å². The molecule has 2 aromatic carbocycles. The fraction of sp³-hybridized carbons (Fsp3) is 0.227. The Morgan fingerprint density at radius 3 is 2.84 bits per heavy atom. The number of methoxy groups -OCH3 is 1. The van der Waals surface area contributed by atoms with Crippen molar-refractivity contribution < 1.29 is 23.5 Å². The second-order valence-electron chi connectivity index (χ2n) is 6.93. The monoisotopic (exact) mass is 440 g/mol. The normalized spacial score (nSPS) is 15.9. The molecule has 2 heterocycles. The van der Waals surface area contributed by atoms with E-state index >= 15 is 0 Å². The van der Waals surface area contributed by atoms with Gasteiger partial charge in [-0.15, -0.1) is 11.8 Å². The zero-order valence-electron chi connectivity index (χ0n) is 16.9.